The third kappa shape index (κ3) is 7.00. The van der Waals surface area contributed by atoms with Gasteiger partial charge in [0.05, 0.1) is 6.04 Å². The van der Waals surface area contributed by atoms with E-state index >= 15 is 0 Å². The zero-order valence-electron chi connectivity index (χ0n) is 21.4. The van der Waals surface area contributed by atoms with E-state index in [-0.39, 0.29) is 11.6 Å². The molecule has 2 amide bonds. The van der Waals surface area contributed by atoms with Gasteiger partial charge in [-0.1, -0.05) is 25.6 Å². The van der Waals surface area contributed by atoms with Gasteiger partial charge in [0.25, 0.3) is 0 Å². The maximum absolute atomic E-state index is 12.8. The minimum Gasteiger partial charge on any atom is -0.444 e. The van der Waals surface area contributed by atoms with Crippen LogP contribution in [0.25, 0.3) is 0 Å². The lowest BCUT2D eigenvalue weighted by atomic mass is 10.1. The molecule has 9 nitrogen and oxygen atoms in total. The zero-order chi connectivity index (χ0) is 25.4. The number of carbonyl (C=O) groups is 2. The second kappa shape index (κ2) is 9.10. The lowest BCUT2D eigenvalue weighted by molar-refractivity contribution is -0.000373. The highest BCUT2D eigenvalue weighted by Gasteiger charge is 2.39. The van der Waals surface area contributed by atoms with Crippen molar-refractivity contribution in [3.05, 3.63) is 11.3 Å². The van der Waals surface area contributed by atoms with Crippen molar-refractivity contribution in [1.29, 1.82) is 5.26 Å². The maximum Gasteiger partial charge on any atom is 0.415 e. The fourth-order valence-electron chi connectivity index (χ4n) is 2.94. The van der Waals surface area contributed by atoms with Gasteiger partial charge in [0.15, 0.2) is 11.5 Å². The van der Waals surface area contributed by atoms with Crippen molar-refractivity contribution in [1.82, 2.24) is 14.7 Å². The number of hydrogen-bond acceptors (Lipinski definition) is 6. The Kier molecular flexibility index (Phi) is 7.25. The van der Waals surface area contributed by atoms with Crippen LogP contribution >= 0.6 is 0 Å². The molecule has 0 spiro atoms. The third-order valence-electron chi connectivity index (χ3n) is 4.40. The largest absolute Gasteiger partial charge is 0.444 e. The maximum atomic E-state index is 12.8. The number of nitriles is 1. The molecular formula is C23H35N5O4Si. The molecular weight excluding hydrogens is 438 g/mol. The van der Waals surface area contributed by atoms with Crippen molar-refractivity contribution < 1.29 is 19.1 Å². The van der Waals surface area contributed by atoms with E-state index in [1.54, 1.807) is 37.4 Å². The van der Waals surface area contributed by atoms with Gasteiger partial charge >= 0.3 is 12.2 Å². The van der Waals surface area contributed by atoms with Crippen LogP contribution in [0.4, 0.5) is 15.4 Å². The first-order valence-electron chi connectivity index (χ1n) is 10.9. The number of rotatable bonds is 2. The summed E-state index contributed by atoms with van der Waals surface area (Å²) in [6, 6.07) is 1.93. The van der Waals surface area contributed by atoms with Crippen LogP contribution in [0.15, 0.2) is 0 Å². The Morgan fingerprint density at radius 1 is 1.09 bits per heavy atom. The first-order valence-corrected chi connectivity index (χ1v) is 14.4. The Bertz CT molecular complexity index is 1020. The van der Waals surface area contributed by atoms with Gasteiger partial charge in [0, 0.05) is 20.1 Å². The van der Waals surface area contributed by atoms with Gasteiger partial charge < -0.3 is 14.4 Å². The summed E-state index contributed by atoms with van der Waals surface area (Å²) in [5, 5.41) is 14.5. The monoisotopic (exact) mass is 473 g/mol. The molecule has 0 aliphatic carbocycles. The molecule has 0 aromatic carbocycles. The van der Waals surface area contributed by atoms with Gasteiger partial charge in [-0.25, -0.2) is 14.3 Å². The standard InChI is InChI=1S/C23H35N5O4Si/c1-22(2,3)31-20(29)26(7)19-17(13-24)18(11-12-33(8,9)10)25-28(19)16-14-27(15-16)21(30)32-23(4,5)6/h16H,14-15H2,1-10H3. The fourth-order valence-corrected chi connectivity index (χ4v) is 3.43. The highest BCUT2D eigenvalue weighted by atomic mass is 28.3. The summed E-state index contributed by atoms with van der Waals surface area (Å²) in [6.07, 6.45) is -1.01. The molecule has 2 heterocycles. The molecule has 0 saturated carbocycles. The van der Waals surface area contributed by atoms with E-state index in [1.807, 2.05) is 20.8 Å². The molecule has 180 valence electrons. The zero-order valence-corrected chi connectivity index (χ0v) is 22.4. The number of nitrogens with zero attached hydrogens (tertiary/aromatic N) is 5. The quantitative estimate of drug-likeness (QED) is 0.472. The van der Waals surface area contributed by atoms with Gasteiger partial charge in [-0.2, -0.15) is 10.4 Å². The van der Waals surface area contributed by atoms with Crippen molar-refractivity contribution in [3.8, 4) is 17.5 Å². The average Bonchev–Trinajstić information content (AvgIpc) is 2.92. The molecule has 1 saturated heterocycles. The summed E-state index contributed by atoms with van der Waals surface area (Å²) in [5.41, 5.74) is 2.47. The first kappa shape index (κ1) is 26.3. The van der Waals surface area contributed by atoms with Crippen LogP contribution in [0, 0.1) is 22.8 Å². The van der Waals surface area contributed by atoms with Crippen molar-refractivity contribution in [3.63, 3.8) is 0 Å². The van der Waals surface area contributed by atoms with Crippen LogP contribution in [-0.4, -0.2) is 66.3 Å². The van der Waals surface area contributed by atoms with Crippen molar-refractivity contribution in [2.24, 2.45) is 0 Å². The van der Waals surface area contributed by atoms with Gasteiger partial charge in [-0.15, -0.1) is 5.54 Å². The van der Waals surface area contributed by atoms with Crippen molar-refractivity contribution in [2.45, 2.75) is 78.4 Å². The predicted octanol–water partition coefficient (Wildman–Crippen LogP) is 4.15. The van der Waals surface area contributed by atoms with Crippen LogP contribution in [0.2, 0.25) is 19.6 Å². The molecule has 1 aromatic heterocycles. The average molecular weight is 474 g/mol. The SMILES string of the molecule is CN(C(=O)OC(C)(C)C)c1c(C#N)c(C#C[Si](C)(C)C)nn1C1CN(C(=O)OC(C)(C)C)C1. The minimum atomic E-state index is -1.73. The summed E-state index contributed by atoms with van der Waals surface area (Å²) in [7, 11) is -0.185. The summed E-state index contributed by atoms with van der Waals surface area (Å²) in [4.78, 5) is 28.0. The Labute approximate surface area is 197 Å². The molecule has 0 bridgehead atoms. The summed E-state index contributed by atoms with van der Waals surface area (Å²) in [6.45, 7) is 17.7. The fraction of sp³-hybridized carbons (Fsp3) is 0.652. The number of amides is 2. The molecule has 1 aliphatic rings. The van der Waals surface area contributed by atoms with Gasteiger partial charge in [-0.05, 0) is 41.5 Å². The second-order valence-electron chi connectivity index (χ2n) is 11.2. The van der Waals surface area contributed by atoms with Gasteiger partial charge in [0.1, 0.15) is 30.9 Å². The van der Waals surface area contributed by atoms with E-state index in [2.05, 4.69) is 42.3 Å². The van der Waals surface area contributed by atoms with E-state index in [0.717, 1.165) is 0 Å². The van der Waals surface area contributed by atoms with E-state index in [9.17, 15) is 14.9 Å². The number of ether oxygens (including phenoxy) is 2. The molecule has 1 fully saturated rings. The van der Waals surface area contributed by atoms with E-state index in [1.165, 1.54) is 4.90 Å². The van der Waals surface area contributed by atoms with Crippen LogP contribution in [0.3, 0.4) is 0 Å². The first-order chi connectivity index (χ1) is 14.9. The minimum absolute atomic E-state index is 0.213. The molecule has 0 radical (unpaired) electrons. The Morgan fingerprint density at radius 2 is 1.64 bits per heavy atom. The van der Waals surface area contributed by atoms with E-state index in [0.29, 0.717) is 24.6 Å². The molecule has 0 N–H and O–H groups in total. The van der Waals surface area contributed by atoms with Crippen molar-refractivity contribution >= 4 is 26.1 Å². The van der Waals surface area contributed by atoms with Gasteiger partial charge in [-0.3, -0.25) is 4.90 Å². The van der Waals surface area contributed by atoms with Gasteiger partial charge in [0.2, 0.25) is 0 Å². The number of hydrogen-bond donors (Lipinski definition) is 0. The van der Waals surface area contributed by atoms with E-state index in [4.69, 9.17) is 9.47 Å². The molecule has 0 unspecified atom stereocenters. The molecule has 1 aromatic rings. The summed E-state index contributed by atoms with van der Waals surface area (Å²) < 4.78 is 12.5. The predicted molar refractivity (Wildman–Crippen MR) is 129 cm³/mol. The van der Waals surface area contributed by atoms with Crippen LogP contribution in [-0.2, 0) is 9.47 Å². The molecule has 1 aliphatic heterocycles. The van der Waals surface area contributed by atoms with Crippen LogP contribution in [0.5, 0.6) is 0 Å². The van der Waals surface area contributed by atoms with Crippen LogP contribution < -0.4 is 4.90 Å². The molecule has 0 atom stereocenters. The smallest absolute Gasteiger partial charge is 0.415 e. The highest BCUT2D eigenvalue weighted by Crippen LogP contribution is 2.32. The summed E-state index contributed by atoms with van der Waals surface area (Å²) in [5.74, 6) is 3.35. The van der Waals surface area contributed by atoms with Crippen molar-refractivity contribution in [2.75, 3.05) is 25.0 Å². The lowest BCUT2D eigenvalue weighted by Crippen LogP contribution is -2.53. The Balaban J connectivity index is 2.44. The van der Waals surface area contributed by atoms with Crippen LogP contribution in [0.1, 0.15) is 58.8 Å². The number of likely N-dealkylation sites (tertiary alicyclic amines) is 1. The number of carbonyl (C=O) groups excluding carboxylic acids is 2. The lowest BCUT2D eigenvalue weighted by Gasteiger charge is -2.40. The molecule has 2 rings (SSSR count). The number of anilines is 1. The normalized spacial score (nSPS) is 14.5. The number of aromatic nitrogens is 2. The second-order valence-corrected chi connectivity index (χ2v) is 15.9. The van der Waals surface area contributed by atoms with E-state index < -0.39 is 31.5 Å². The summed E-state index contributed by atoms with van der Waals surface area (Å²) >= 11 is 0. The third-order valence-corrected chi connectivity index (χ3v) is 5.27. The Morgan fingerprint density at radius 3 is 2.09 bits per heavy atom. The Hall–Kier alpha value is -2.98. The molecule has 33 heavy (non-hydrogen) atoms. The highest BCUT2D eigenvalue weighted by molar-refractivity contribution is 6.83. The molecule has 10 heteroatoms. The topological polar surface area (TPSA) is 101 Å².